The van der Waals surface area contributed by atoms with Gasteiger partial charge in [-0.25, -0.2) is 0 Å². The van der Waals surface area contributed by atoms with E-state index in [2.05, 4.69) is 19.8 Å². The molecule has 25 heavy (non-hydrogen) atoms. The Morgan fingerprint density at radius 2 is 1.88 bits per heavy atom. The molecule has 2 aromatic carbocycles. The first-order valence-electron chi connectivity index (χ1n) is 8.90. The van der Waals surface area contributed by atoms with Gasteiger partial charge in [-0.2, -0.15) is 0 Å². The summed E-state index contributed by atoms with van der Waals surface area (Å²) in [6.45, 7) is 4.45. The number of Topliss-reactive ketones (excluding diaryl/α,β-unsaturated/α-hetero) is 1. The lowest BCUT2D eigenvalue weighted by Gasteiger charge is -2.06. The van der Waals surface area contributed by atoms with E-state index in [1.54, 1.807) is 0 Å². The first kappa shape index (κ1) is 17.3. The van der Waals surface area contributed by atoms with Crippen molar-refractivity contribution in [2.75, 3.05) is 0 Å². The highest BCUT2D eigenvalue weighted by molar-refractivity contribution is 6.51. The Kier molecular flexibility index (Phi) is 4.93. The van der Waals surface area contributed by atoms with Crippen LogP contribution in [0.1, 0.15) is 29.3 Å². The molecule has 0 aliphatic carbocycles. The Morgan fingerprint density at radius 3 is 2.52 bits per heavy atom. The summed E-state index contributed by atoms with van der Waals surface area (Å²) in [7, 11) is 2.87. The minimum atomic E-state index is 0.0366. The van der Waals surface area contributed by atoms with Gasteiger partial charge in [0.15, 0.2) is 13.1 Å². The third kappa shape index (κ3) is 3.19. The molecule has 5 heteroatoms. The van der Waals surface area contributed by atoms with Gasteiger partial charge in [-0.15, -0.1) is 0 Å². The average molecular weight is 333 g/mol. The summed E-state index contributed by atoms with van der Waals surface area (Å²) in [5.41, 5.74) is 5.53. The van der Waals surface area contributed by atoms with E-state index in [4.69, 9.17) is 5.41 Å². The molecule has 3 rings (SSSR count). The van der Waals surface area contributed by atoms with Crippen molar-refractivity contribution in [3.05, 3.63) is 59.2 Å². The number of nitrogens with one attached hydrogen (secondary N) is 1. The van der Waals surface area contributed by atoms with Crippen molar-refractivity contribution in [2.45, 2.75) is 33.1 Å². The zero-order chi connectivity index (χ0) is 18.0. The number of nitrogens with zero attached hydrogens (tertiary/aromatic N) is 2. The molecule has 0 amide bonds. The van der Waals surface area contributed by atoms with Crippen LogP contribution in [0.3, 0.4) is 0 Å². The number of carbonyl (C=O) groups excluding carboxylic acids is 1. The predicted molar refractivity (Wildman–Crippen MR) is 104 cm³/mol. The third-order valence-corrected chi connectivity index (χ3v) is 4.80. The first-order chi connectivity index (χ1) is 12.1. The number of aryl methyl sites for hydroxylation is 2. The maximum Gasteiger partial charge on any atom is 0.203 e. The van der Waals surface area contributed by atoms with Gasteiger partial charge in [0, 0.05) is 12.6 Å². The highest BCUT2D eigenvalue weighted by Crippen LogP contribution is 2.19. The zero-order valence-electron chi connectivity index (χ0n) is 15.2. The zero-order valence-corrected chi connectivity index (χ0v) is 15.2. The highest BCUT2D eigenvalue weighted by Gasteiger charge is 2.15. The van der Waals surface area contributed by atoms with Crippen LogP contribution < -0.4 is 11.1 Å². The van der Waals surface area contributed by atoms with E-state index in [-0.39, 0.29) is 12.3 Å². The molecule has 0 fully saturated rings. The molecule has 1 N–H and O–H groups in total. The van der Waals surface area contributed by atoms with Crippen LogP contribution in [0.15, 0.2) is 42.5 Å². The largest absolute Gasteiger partial charge is 0.313 e. The molecule has 0 saturated heterocycles. The molecule has 0 bridgehead atoms. The Balaban J connectivity index is 2.01. The summed E-state index contributed by atoms with van der Waals surface area (Å²) in [6, 6.07) is 13.9. The second kappa shape index (κ2) is 7.13. The van der Waals surface area contributed by atoms with E-state index in [1.807, 2.05) is 52.6 Å². The molecule has 0 spiro atoms. The molecule has 0 aliphatic heterocycles. The van der Waals surface area contributed by atoms with Gasteiger partial charge < -0.3 is 9.13 Å². The van der Waals surface area contributed by atoms with Gasteiger partial charge in [0.2, 0.25) is 5.62 Å². The van der Waals surface area contributed by atoms with Crippen LogP contribution >= 0.6 is 0 Å². The van der Waals surface area contributed by atoms with Crippen LogP contribution in [-0.2, 0) is 20.0 Å². The van der Waals surface area contributed by atoms with E-state index in [0.29, 0.717) is 11.2 Å². The Labute approximate surface area is 148 Å². The number of imidazole rings is 1. The summed E-state index contributed by atoms with van der Waals surface area (Å²) in [6.07, 6.45) is 2.03. The number of benzene rings is 2. The van der Waals surface area contributed by atoms with Crippen molar-refractivity contribution >= 4 is 29.6 Å². The standard InChI is InChI=1S/C20H24BN3O/c1-4-6-15-7-5-8-17-19(15)23(3)20(22)24(17)13-18(25)14-9-11-16(21-2)12-10-14/h5,7-12,21-22H,4,6,13H2,1-3H3. The van der Waals surface area contributed by atoms with E-state index in [9.17, 15) is 4.79 Å². The van der Waals surface area contributed by atoms with E-state index in [1.165, 1.54) is 11.0 Å². The maximum absolute atomic E-state index is 12.7. The van der Waals surface area contributed by atoms with Crippen LogP contribution in [0.4, 0.5) is 0 Å². The summed E-state index contributed by atoms with van der Waals surface area (Å²) >= 11 is 0. The number of rotatable bonds is 6. The van der Waals surface area contributed by atoms with Gasteiger partial charge in [0.05, 0.1) is 17.6 Å². The fraction of sp³-hybridized carbons (Fsp3) is 0.300. The third-order valence-electron chi connectivity index (χ3n) is 4.80. The van der Waals surface area contributed by atoms with Crippen molar-refractivity contribution in [2.24, 2.45) is 7.05 Å². The van der Waals surface area contributed by atoms with Crippen molar-refractivity contribution < 1.29 is 4.79 Å². The number of aromatic nitrogens is 2. The quantitative estimate of drug-likeness (QED) is 0.547. The molecule has 0 aliphatic rings. The lowest BCUT2D eigenvalue weighted by atomic mass is 9.73. The number of carbonyl (C=O) groups is 1. The second-order valence-electron chi connectivity index (χ2n) is 6.48. The number of hydrogen-bond acceptors (Lipinski definition) is 2. The van der Waals surface area contributed by atoms with Crippen LogP contribution in [0.2, 0.25) is 6.82 Å². The summed E-state index contributed by atoms with van der Waals surface area (Å²) in [4.78, 5) is 12.7. The Bertz CT molecular complexity index is 967. The molecule has 0 atom stereocenters. The molecular formula is C20H24BN3O. The molecule has 4 nitrogen and oxygen atoms in total. The van der Waals surface area contributed by atoms with Crippen LogP contribution in [0.25, 0.3) is 11.0 Å². The number of fused-ring (bicyclic) bond motifs is 1. The fourth-order valence-corrected chi connectivity index (χ4v) is 3.38. The Morgan fingerprint density at radius 1 is 1.16 bits per heavy atom. The maximum atomic E-state index is 12.7. The topological polar surface area (TPSA) is 50.8 Å². The van der Waals surface area contributed by atoms with Crippen molar-refractivity contribution in [1.82, 2.24) is 9.13 Å². The fourth-order valence-electron chi connectivity index (χ4n) is 3.38. The lowest BCUT2D eigenvalue weighted by molar-refractivity contribution is 0.0971. The molecule has 0 saturated carbocycles. The van der Waals surface area contributed by atoms with Crippen molar-refractivity contribution in [1.29, 1.82) is 5.41 Å². The monoisotopic (exact) mass is 333 g/mol. The smallest absolute Gasteiger partial charge is 0.203 e. The summed E-state index contributed by atoms with van der Waals surface area (Å²) < 4.78 is 3.69. The minimum absolute atomic E-state index is 0.0366. The minimum Gasteiger partial charge on any atom is -0.313 e. The second-order valence-corrected chi connectivity index (χ2v) is 6.48. The molecule has 3 aromatic rings. The Hall–Kier alpha value is -2.56. The normalized spacial score (nSPS) is 11.0. The summed E-state index contributed by atoms with van der Waals surface area (Å²) in [5.74, 6) is 0.0366. The van der Waals surface area contributed by atoms with Crippen LogP contribution in [0, 0.1) is 5.41 Å². The van der Waals surface area contributed by atoms with E-state index >= 15 is 0 Å². The highest BCUT2D eigenvalue weighted by atomic mass is 16.1. The SMILES string of the molecule is CBc1ccc(C(=O)Cn2c(=N)n(C)c3c(CCC)cccc32)cc1. The van der Waals surface area contributed by atoms with Gasteiger partial charge in [-0.1, -0.05) is 62.0 Å². The van der Waals surface area contributed by atoms with E-state index < -0.39 is 0 Å². The molecule has 0 radical (unpaired) electrons. The van der Waals surface area contributed by atoms with Gasteiger partial charge in [-0.05, 0) is 18.1 Å². The van der Waals surface area contributed by atoms with E-state index in [0.717, 1.165) is 31.2 Å². The van der Waals surface area contributed by atoms with Crippen molar-refractivity contribution in [3.63, 3.8) is 0 Å². The lowest BCUT2D eigenvalue weighted by Crippen LogP contribution is -2.26. The van der Waals surface area contributed by atoms with Crippen molar-refractivity contribution in [3.8, 4) is 0 Å². The van der Waals surface area contributed by atoms with Crippen LogP contribution in [0.5, 0.6) is 0 Å². The van der Waals surface area contributed by atoms with Gasteiger partial charge >= 0.3 is 0 Å². The molecule has 1 aromatic heterocycles. The van der Waals surface area contributed by atoms with Gasteiger partial charge in [0.25, 0.3) is 0 Å². The van der Waals surface area contributed by atoms with Gasteiger partial charge in [0.1, 0.15) is 0 Å². The number of hydrogen-bond donors (Lipinski definition) is 1. The molecule has 0 unspecified atom stereocenters. The predicted octanol–water partition coefficient (Wildman–Crippen LogP) is 2.40. The molecular weight excluding hydrogens is 309 g/mol. The first-order valence-corrected chi connectivity index (χ1v) is 8.90. The summed E-state index contributed by atoms with van der Waals surface area (Å²) in [5, 5.41) is 8.45. The average Bonchev–Trinajstić information content (AvgIpc) is 2.88. The molecule has 128 valence electrons. The number of ketones is 1. The molecule has 1 heterocycles. The van der Waals surface area contributed by atoms with Crippen LogP contribution in [-0.4, -0.2) is 22.2 Å². The number of para-hydroxylation sites is 1. The van der Waals surface area contributed by atoms with Gasteiger partial charge in [-0.3, -0.25) is 10.2 Å².